The van der Waals surface area contributed by atoms with Gasteiger partial charge < -0.3 is 16.0 Å². The summed E-state index contributed by atoms with van der Waals surface area (Å²) in [6.07, 6.45) is 2.97. The number of piperidine rings is 1. The Hall–Kier alpha value is -0.610. The lowest BCUT2D eigenvalue weighted by atomic mass is 9.91. The molecule has 0 bridgehead atoms. The van der Waals surface area contributed by atoms with Crippen LogP contribution in [0.3, 0.4) is 0 Å². The van der Waals surface area contributed by atoms with Crippen LogP contribution in [-0.2, 0) is 4.79 Å². The molecule has 0 aliphatic carbocycles. The van der Waals surface area contributed by atoms with E-state index in [0.29, 0.717) is 0 Å². The molecule has 0 aromatic carbocycles. The predicted molar refractivity (Wildman–Crippen MR) is 84.5 cm³/mol. The third kappa shape index (κ3) is 5.41. The highest BCUT2D eigenvalue weighted by atomic mass is 16.2. The summed E-state index contributed by atoms with van der Waals surface area (Å²) in [4.78, 5) is 14.7. The number of nitrogens with one attached hydrogen (secondary N) is 1. The lowest BCUT2D eigenvalue weighted by molar-refractivity contribution is -0.126. The van der Waals surface area contributed by atoms with E-state index in [2.05, 4.69) is 37.9 Å². The molecule has 1 saturated heterocycles. The van der Waals surface area contributed by atoms with Crippen LogP contribution in [0.15, 0.2) is 0 Å². The van der Waals surface area contributed by atoms with Crippen LogP contribution in [-0.4, -0.2) is 42.0 Å². The smallest absolute Gasteiger partial charge is 0.240 e. The summed E-state index contributed by atoms with van der Waals surface area (Å²) < 4.78 is 0. The van der Waals surface area contributed by atoms with Crippen molar-refractivity contribution in [2.24, 2.45) is 17.6 Å². The van der Waals surface area contributed by atoms with E-state index in [1.165, 1.54) is 6.42 Å². The summed E-state index contributed by atoms with van der Waals surface area (Å²) in [5.74, 6) is 1.48. The van der Waals surface area contributed by atoms with Crippen LogP contribution >= 0.6 is 0 Å². The maximum atomic E-state index is 12.2. The van der Waals surface area contributed by atoms with Gasteiger partial charge >= 0.3 is 0 Å². The number of hydrogen-bond acceptors (Lipinski definition) is 3. The fourth-order valence-electron chi connectivity index (χ4n) is 3.40. The summed E-state index contributed by atoms with van der Waals surface area (Å²) in [6.45, 7) is 13.8. The van der Waals surface area contributed by atoms with Gasteiger partial charge in [-0.15, -0.1) is 0 Å². The van der Waals surface area contributed by atoms with Gasteiger partial charge in [0.25, 0.3) is 0 Å². The van der Waals surface area contributed by atoms with Crippen molar-refractivity contribution in [2.45, 2.75) is 65.5 Å². The number of likely N-dealkylation sites (tertiary alicyclic amines) is 1. The highest BCUT2D eigenvalue weighted by Crippen LogP contribution is 2.21. The second kappa shape index (κ2) is 7.41. The molecular weight excluding hydrogens is 250 g/mol. The van der Waals surface area contributed by atoms with Gasteiger partial charge in [-0.25, -0.2) is 0 Å². The van der Waals surface area contributed by atoms with E-state index in [1.807, 2.05) is 6.92 Å². The fraction of sp³-hybridized carbons (Fsp3) is 0.938. The zero-order valence-corrected chi connectivity index (χ0v) is 13.9. The minimum atomic E-state index is -0.745. The molecule has 4 nitrogen and oxygen atoms in total. The second-order valence-corrected chi connectivity index (χ2v) is 7.21. The number of rotatable bonds is 6. The first-order valence-electron chi connectivity index (χ1n) is 8.06. The summed E-state index contributed by atoms with van der Waals surface area (Å²) in [5, 5.41) is 3.08. The zero-order valence-electron chi connectivity index (χ0n) is 13.9. The van der Waals surface area contributed by atoms with Crippen molar-refractivity contribution in [1.29, 1.82) is 0 Å². The monoisotopic (exact) mass is 283 g/mol. The van der Waals surface area contributed by atoms with Gasteiger partial charge in [0.2, 0.25) is 5.91 Å². The second-order valence-electron chi connectivity index (χ2n) is 7.21. The standard InChI is InChI=1S/C16H33N3O/c1-6-7-16(5,17)15(20)18-14(4)11-19-9-12(2)8-13(3)10-19/h12-14H,6-11,17H2,1-5H3,(H,18,20). The third-order valence-corrected chi connectivity index (χ3v) is 4.14. The molecule has 1 fully saturated rings. The molecule has 0 spiro atoms. The molecule has 1 aliphatic heterocycles. The van der Waals surface area contributed by atoms with Crippen molar-refractivity contribution in [3.63, 3.8) is 0 Å². The molecule has 0 aromatic rings. The lowest BCUT2D eigenvalue weighted by Gasteiger charge is -2.37. The maximum absolute atomic E-state index is 12.2. The molecule has 3 N–H and O–H groups in total. The van der Waals surface area contributed by atoms with Gasteiger partial charge in [0.1, 0.15) is 0 Å². The molecule has 0 saturated carbocycles. The van der Waals surface area contributed by atoms with Crippen molar-refractivity contribution in [2.75, 3.05) is 19.6 Å². The van der Waals surface area contributed by atoms with Crippen LogP contribution in [0.1, 0.15) is 53.9 Å². The number of carbonyl (C=O) groups excluding carboxylic acids is 1. The molecule has 1 amide bonds. The molecule has 0 radical (unpaired) electrons. The molecule has 4 unspecified atom stereocenters. The minimum Gasteiger partial charge on any atom is -0.351 e. The number of carbonyl (C=O) groups is 1. The summed E-state index contributed by atoms with van der Waals surface area (Å²) in [5.41, 5.74) is 5.33. The molecule has 1 heterocycles. The van der Waals surface area contributed by atoms with Gasteiger partial charge in [-0.1, -0.05) is 27.2 Å². The van der Waals surface area contributed by atoms with Crippen molar-refractivity contribution in [3.05, 3.63) is 0 Å². The highest BCUT2D eigenvalue weighted by molar-refractivity contribution is 5.85. The first-order valence-corrected chi connectivity index (χ1v) is 8.06. The maximum Gasteiger partial charge on any atom is 0.240 e. The van der Waals surface area contributed by atoms with Crippen LogP contribution in [0, 0.1) is 11.8 Å². The largest absolute Gasteiger partial charge is 0.351 e. The average molecular weight is 283 g/mol. The Labute approximate surface area is 124 Å². The van der Waals surface area contributed by atoms with Crippen LogP contribution in [0.5, 0.6) is 0 Å². The van der Waals surface area contributed by atoms with Crippen molar-refractivity contribution in [3.8, 4) is 0 Å². The molecule has 4 atom stereocenters. The fourth-order valence-corrected chi connectivity index (χ4v) is 3.40. The number of amides is 1. The van der Waals surface area contributed by atoms with E-state index in [9.17, 15) is 4.79 Å². The van der Waals surface area contributed by atoms with E-state index in [4.69, 9.17) is 5.73 Å². The van der Waals surface area contributed by atoms with Crippen LogP contribution in [0.2, 0.25) is 0 Å². The van der Waals surface area contributed by atoms with Crippen LogP contribution in [0.25, 0.3) is 0 Å². The van der Waals surface area contributed by atoms with E-state index in [0.717, 1.165) is 44.3 Å². The van der Waals surface area contributed by atoms with E-state index >= 15 is 0 Å². The van der Waals surface area contributed by atoms with E-state index in [1.54, 1.807) is 0 Å². The van der Waals surface area contributed by atoms with E-state index in [-0.39, 0.29) is 11.9 Å². The first kappa shape index (κ1) is 17.4. The zero-order chi connectivity index (χ0) is 15.3. The van der Waals surface area contributed by atoms with Crippen molar-refractivity contribution >= 4 is 5.91 Å². The molecule has 1 rings (SSSR count). The Morgan fingerprint density at radius 1 is 1.40 bits per heavy atom. The quantitative estimate of drug-likeness (QED) is 0.784. The molecule has 20 heavy (non-hydrogen) atoms. The number of nitrogens with zero attached hydrogens (tertiary/aromatic N) is 1. The first-order chi connectivity index (χ1) is 9.24. The lowest BCUT2D eigenvalue weighted by Crippen LogP contribution is -2.56. The van der Waals surface area contributed by atoms with Gasteiger partial charge in [-0.2, -0.15) is 0 Å². The van der Waals surface area contributed by atoms with Crippen LogP contribution in [0.4, 0.5) is 0 Å². The van der Waals surface area contributed by atoms with Gasteiger partial charge in [0, 0.05) is 25.7 Å². The SMILES string of the molecule is CCCC(C)(N)C(=O)NC(C)CN1CC(C)CC(C)C1. The van der Waals surface area contributed by atoms with E-state index < -0.39 is 5.54 Å². The highest BCUT2D eigenvalue weighted by Gasteiger charge is 2.29. The number of hydrogen-bond donors (Lipinski definition) is 2. The molecule has 4 heteroatoms. The van der Waals surface area contributed by atoms with Crippen molar-refractivity contribution in [1.82, 2.24) is 10.2 Å². The Balaban J connectivity index is 2.43. The molecule has 0 aromatic heterocycles. The molecular formula is C16H33N3O. The minimum absolute atomic E-state index is 0.0232. The summed E-state index contributed by atoms with van der Waals surface area (Å²) in [6, 6.07) is 0.153. The topological polar surface area (TPSA) is 58.4 Å². The van der Waals surface area contributed by atoms with Crippen molar-refractivity contribution < 1.29 is 4.79 Å². The number of nitrogens with two attached hydrogens (primary N) is 1. The Kier molecular flexibility index (Phi) is 6.46. The van der Waals surface area contributed by atoms with Gasteiger partial charge in [-0.05, 0) is 38.5 Å². The summed E-state index contributed by atoms with van der Waals surface area (Å²) in [7, 11) is 0. The third-order valence-electron chi connectivity index (χ3n) is 4.14. The normalized spacial score (nSPS) is 28.7. The van der Waals surface area contributed by atoms with Gasteiger partial charge in [0.05, 0.1) is 5.54 Å². The predicted octanol–water partition coefficient (Wildman–Crippen LogP) is 1.99. The van der Waals surface area contributed by atoms with Crippen LogP contribution < -0.4 is 11.1 Å². The van der Waals surface area contributed by atoms with Gasteiger partial charge in [0.15, 0.2) is 0 Å². The average Bonchev–Trinajstić information content (AvgIpc) is 2.26. The molecule has 1 aliphatic rings. The Morgan fingerprint density at radius 3 is 2.45 bits per heavy atom. The Bertz CT molecular complexity index is 307. The summed E-state index contributed by atoms with van der Waals surface area (Å²) >= 11 is 0. The van der Waals surface area contributed by atoms with Gasteiger partial charge in [-0.3, -0.25) is 4.79 Å². The molecule has 118 valence electrons. The Morgan fingerprint density at radius 2 is 1.95 bits per heavy atom.